The number of nitrogens with zero attached hydrogens (tertiary/aromatic N) is 7. The first-order valence-corrected chi connectivity index (χ1v) is 15.5. The number of aryl methyl sites for hydroxylation is 1. The molecule has 4 heterocycles. The molecule has 2 fully saturated rings. The molecule has 2 aromatic rings. The second-order valence-electron chi connectivity index (χ2n) is 10.4. The van der Waals surface area contributed by atoms with Crippen molar-refractivity contribution >= 4 is 22.7 Å². The number of piperazine rings is 1. The van der Waals surface area contributed by atoms with Gasteiger partial charge in [-0.25, -0.2) is 8.51 Å². The number of aromatic nitrogens is 2. The summed E-state index contributed by atoms with van der Waals surface area (Å²) in [6, 6.07) is 10.3. The van der Waals surface area contributed by atoms with E-state index in [1.165, 1.54) is 6.08 Å². The van der Waals surface area contributed by atoms with E-state index in [1.54, 1.807) is 4.90 Å². The van der Waals surface area contributed by atoms with Crippen LogP contribution in [0.1, 0.15) is 57.4 Å². The van der Waals surface area contributed by atoms with Crippen LogP contribution in [0.2, 0.25) is 0 Å². The molecule has 3 atom stereocenters. The third-order valence-electron chi connectivity index (χ3n) is 7.87. The third-order valence-corrected chi connectivity index (χ3v) is 9.43. The van der Waals surface area contributed by atoms with Crippen LogP contribution in [0.3, 0.4) is 0 Å². The second-order valence-corrected chi connectivity index (χ2v) is 11.8. The lowest BCUT2D eigenvalue weighted by molar-refractivity contribution is -0.128. The maximum atomic E-state index is 13.6. The Morgan fingerprint density at radius 2 is 1.93 bits per heavy atom. The van der Waals surface area contributed by atoms with Crippen molar-refractivity contribution in [2.75, 3.05) is 44.7 Å². The van der Waals surface area contributed by atoms with Gasteiger partial charge in [0.05, 0.1) is 35.7 Å². The molecular formula is C31H47N7O4S. The average Bonchev–Trinajstić information content (AvgIpc) is 3.62. The molecule has 12 heteroatoms. The van der Waals surface area contributed by atoms with E-state index in [4.69, 9.17) is 14.7 Å². The van der Waals surface area contributed by atoms with Crippen LogP contribution >= 0.6 is 0 Å². The summed E-state index contributed by atoms with van der Waals surface area (Å²) in [5.41, 5.74) is 2.70. The number of amides is 1. The Labute approximate surface area is 259 Å². The van der Waals surface area contributed by atoms with Crippen LogP contribution in [-0.4, -0.2) is 91.6 Å². The number of likely N-dealkylation sites (tertiary alicyclic amines) is 1. The van der Waals surface area contributed by atoms with Gasteiger partial charge in [0.15, 0.2) is 0 Å². The van der Waals surface area contributed by atoms with E-state index in [0.29, 0.717) is 51.4 Å². The van der Waals surface area contributed by atoms with E-state index in [1.807, 2.05) is 49.3 Å². The van der Waals surface area contributed by atoms with E-state index in [0.717, 1.165) is 46.9 Å². The zero-order valence-electron chi connectivity index (χ0n) is 25.1. The van der Waals surface area contributed by atoms with Crippen LogP contribution in [0.4, 0.5) is 5.82 Å². The molecule has 43 heavy (non-hydrogen) atoms. The highest BCUT2D eigenvalue weighted by molar-refractivity contribution is 7.82. The molecule has 0 saturated carbocycles. The smallest absolute Gasteiger partial charge is 0.318 e. The first-order valence-electron chi connectivity index (χ1n) is 14.4. The number of nitriles is 1. The summed E-state index contributed by atoms with van der Waals surface area (Å²) in [5.74, 6) is 0.556. The van der Waals surface area contributed by atoms with Gasteiger partial charge in [0.25, 0.3) is 0 Å². The van der Waals surface area contributed by atoms with Gasteiger partial charge in [0.2, 0.25) is 5.91 Å². The summed E-state index contributed by atoms with van der Waals surface area (Å²) in [7, 11) is 0.748. The molecule has 3 aliphatic rings. The summed E-state index contributed by atoms with van der Waals surface area (Å²) in [6.45, 7) is 13.5. The SMILES string of the molecule is C.C=CC(=O)N1CCN(c2nc(OC[C@@H]3CCCN3C)nc3c2CN(S(=O)c2ccccc2C)C3)C[C@@H]1CC#N.CC.O. The standard InChI is InChI=1S/C28H35N7O3S.C2H6.CH4.H2O/c1-4-26(36)35-15-14-33(16-21(35)11-12-29)27-23-17-34(39(37)25-10-6-5-8-20(25)2)18-24(23)30-28(31-27)38-19-22-9-7-13-32(22)3;1-2;;/h4-6,8,10,21-22H,1,7,9,11,13-19H2,2-3H3;1-2H3;1H4;1H2/t21-,22-,39?;;;/m0.../s1. The number of likely N-dealkylation sites (N-methyl/N-ethyl adjacent to an activating group) is 1. The van der Waals surface area contributed by atoms with E-state index < -0.39 is 11.0 Å². The van der Waals surface area contributed by atoms with E-state index in [2.05, 4.69) is 29.5 Å². The molecule has 0 aliphatic carbocycles. The van der Waals surface area contributed by atoms with Crippen LogP contribution in [0.25, 0.3) is 0 Å². The molecule has 1 aromatic carbocycles. The van der Waals surface area contributed by atoms with Crippen molar-refractivity contribution in [3.8, 4) is 12.1 Å². The van der Waals surface area contributed by atoms with Crippen LogP contribution in [0.5, 0.6) is 6.01 Å². The fourth-order valence-corrected chi connectivity index (χ4v) is 6.92. The van der Waals surface area contributed by atoms with Gasteiger partial charge in [-0.05, 0) is 51.1 Å². The van der Waals surface area contributed by atoms with Gasteiger partial charge in [-0.1, -0.05) is 46.1 Å². The molecule has 0 bridgehead atoms. The van der Waals surface area contributed by atoms with Gasteiger partial charge >= 0.3 is 6.01 Å². The van der Waals surface area contributed by atoms with Gasteiger partial charge in [-0.15, -0.1) is 0 Å². The van der Waals surface area contributed by atoms with Gasteiger partial charge in [0, 0.05) is 37.8 Å². The summed E-state index contributed by atoms with van der Waals surface area (Å²) in [6.07, 6.45) is 3.73. The number of benzene rings is 1. The molecule has 0 spiro atoms. The summed E-state index contributed by atoms with van der Waals surface area (Å²) in [5, 5.41) is 9.45. The monoisotopic (exact) mass is 613 g/mol. The van der Waals surface area contributed by atoms with Crippen LogP contribution in [0, 0.1) is 18.3 Å². The number of hydrogen-bond acceptors (Lipinski definition) is 8. The maximum Gasteiger partial charge on any atom is 0.318 e. The van der Waals surface area contributed by atoms with Crippen molar-refractivity contribution in [3.05, 3.63) is 53.7 Å². The minimum absolute atomic E-state index is 0. The quantitative estimate of drug-likeness (QED) is 0.414. The minimum Gasteiger partial charge on any atom is -0.462 e. The first-order chi connectivity index (χ1) is 19.9. The van der Waals surface area contributed by atoms with Crippen LogP contribution in [0.15, 0.2) is 41.8 Å². The van der Waals surface area contributed by atoms with Crippen LogP contribution < -0.4 is 9.64 Å². The number of fused-ring (bicyclic) bond motifs is 1. The topological polar surface area (TPSA) is 137 Å². The van der Waals surface area contributed by atoms with Crippen molar-refractivity contribution in [2.45, 2.75) is 77.5 Å². The molecule has 2 N–H and O–H groups in total. The lowest BCUT2D eigenvalue weighted by atomic mass is 10.1. The highest BCUT2D eigenvalue weighted by Crippen LogP contribution is 2.35. The highest BCUT2D eigenvalue weighted by atomic mass is 32.2. The maximum absolute atomic E-state index is 13.6. The summed E-state index contributed by atoms with van der Waals surface area (Å²) >= 11 is 0. The van der Waals surface area contributed by atoms with E-state index >= 15 is 0 Å². The Balaban J connectivity index is 0.00000158. The van der Waals surface area contributed by atoms with E-state index in [-0.39, 0.29) is 31.3 Å². The van der Waals surface area contributed by atoms with Gasteiger partial charge in [-0.3, -0.25) is 4.79 Å². The summed E-state index contributed by atoms with van der Waals surface area (Å²) < 4.78 is 21.6. The fraction of sp³-hybridized carbons (Fsp3) is 0.548. The molecule has 11 nitrogen and oxygen atoms in total. The molecule has 1 unspecified atom stereocenters. The Kier molecular flexibility index (Phi) is 13.7. The van der Waals surface area contributed by atoms with Crippen molar-refractivity contribution in [1.82, 2.24) is 24.1 Å². The second kappa shape index (κ2) is 16.5. The number of hydrogen-bond donors (Lipinski definition) is 0. The Morgan fingerprint density at radius 1 is 1.19 bits per heavy atom. The number of carbonyl (C=O) groups excluding carboxylic acids is 1. The van der Waals surface area contributed by atoms with Crippen molar-refractivity contribution in [3.63, 3.8) is 0 Å². The third kappa shape index (κ3) is 7.97. The normalized spacial score (nSPS) is 20.4. The fourth-order valence-electron chi connectivity index (χ4n) is 5.62. The lowest BCUT2D eigenvalue weighted by Crippen LogP contribution is -2.55. The predicted octanol–water partition coefficient (Wildman–Crippen LogP) is 3.25. The van der Waals surface area contributed by atoms with Gasteiger partial charge in [-0.2, -0.15) is 15.2 Å². The zero-order valence-corrected chi connectivity index (χ0v) is 25.9. The zero-order chi connectivity index (χ0) is 29.5. The van der Waals surface area contributed by atoms with Crippen molar-refractivity contribution in [1.29, 1.82) is 5.26 Å². The molecule has 0 radical (unpaired) electrons. The predicted molar refractivity (Wildman–Crippen MR) is 170 cm³/mol. The lowest BCUT2D eigenvalue weighted by Gasteiger charge is -2.41. The Hall–Kier alpha value is -3.37. The average molecular weight is 614 g/mol. The molecule has 3 aliphatic heterocycles. The molecule has 5 rings (SSSR count). The number of ether oxygens (including phenoxy) is 1. The number of rotatable bonds is 8. The largest absolute Gasteiger partial charge is 0.462 e. The molecule has 236 valence electrons. The Morgan fingerprint density at radius 3 is 2.58 bits per heavy atom. The highest BCUT2D eigenvalue weighted by Gasteiger charge is 2.36. The number of anilines is 1. The van der Waals surface area contributed by atoms with E-state index in [9.17, 15) is 14.3 Å². The van der Waals surface area contributed by atoms with Crippen molar-refractivity contribution < 1.29 is 19.2 Å². The molecule has 1 amide bonds. The van der Waals surface area contributed by atoms with Gasteiger partial charge in [0.1, 0.15) is 23.4 Å². The minimum atomic E-state index is -1.36. The number of carbonyl (C=O) groups is 1. The summed E-state index contributed by atoms with van der Waals surface area (Å²) in [4.78, 5) is 29.0. The van der Waals surface area contributed by atoms with Crippen LogP contribution in [-0.2, 0) is 28.9 Å². The van der Waals surface area contributed by atoms with Crippen molar-refractivity contribution in [2.24, 2.45) is 0 Å². The first kappa shape index (κ1) is 35.8. The molecule has 2 saturated heterocycles. The Bertz CT molecular complexity index is 1320. The van der Waals surface area contributed by atoms with Gasteiger partial charge < -0.3 is 24.9 Å². The molecular weight excluding hydrogens is 566 g/mol. The molecule has 1 aromatic heterocycles.